The number of hydrogen-bond donors (Lipinski definition) is 0. The number of hydrogen-bond acceptors (Lipinski definition) is 5. The van der Waals surface area contributed by atoms with Crippen molar-refractivity contribution >= 4 is 16.9 Å². The van der Waals surface area contributed by atoms with Crippen LogP contribution >= 0.6 is 0 Å². The third kappa shape index (κ3) is 10.5. The Hall–Kier alpha value is -3.34. The highest BCUT2D eigenvalue weighted by Gasteiger charge is 2.14. The van der Waals surface area contributed by atoms with Crippen LogP contribution in [0.15, 0.2) is 57.8 Å². The third-order valence-electron chi connectivity index (χ3n) is 7.78. The van der Waals surface area contributed by atoms with Crippen LogP contribution in [0.2, 0.25) is 0 Å². The monoisotopic (exact) mass is 574 g/mol. The molecule has 228 valence electrons. The van der Waals surface area contributed by atoms with Crippen molar-refractivity contribution in [1.29, 1.82) is 0 Å². The minimum absolute atomic E-state index is 0.292. The molecule has 5 nitrogen and oxygen atoms in total. The van der Waals surface area contributed by atoms with Gasteiger partial charge < -0.3 is 13.9 Å². The molecule has 0 fully saturated rings. The molecule has 0 spiro atoms. The van der Waals surface area contributed by atoms with Gasteiger partial charge in [-0.2, -0.15) is 0 Å². The summed E-state index contributed by atoms with van der Waals surface area (Å²) in [6.07, 6.45) is 14.9. The molecule has 0 N–H and O–H groups in total. The summed E-state index contributed by atoms with van der Waals surface area (Å²) in [6.45, 7) is 12.8. The normalized spacial score (nSPS) is 11.1. The second kappa shape index (κ2) is 17.6. The Kier molecular flexibility index (Phi) is 13.9. The van der Waals surface area contributed by atoms with E-state index in [1.807, 2.05) is 24.3 Å². The van der Waals surface area contributed by atoms with Crippen LogP contribution in [0.5, 0.6) is 5.75 Å². The number of fused-ring (bicyclic) bond motifs is 1. The first kappa shape index (κ1) is 33.2. The Morgan fingerprint density at radius 2 is 1.43 bits per heavy atom. The van der Waals surface area contributed by atoms with Crippen LogP contribution in [0.25, 0.3) is 22.1 Å². The van der Waals surface area contributed by atoms with Crippen molar-refractivity contribution in [1.82, 2.24) is 0 Å². The molecule has 2 aromatic carbocycles. The molecule has 0 radical (unpaired) electrons. The zero-order chi connectivity index (χ0) is 30.3. The van der Waals surface area contributed by atoms with Crippen LogP contribution in [-0.2, 0) is 16.0 Å². The molecule has 0 unspecified atom stereocenters. The average Bonchev–Trinajstić information content (AvgIpc) is 2.95. The van der Waals surface area contributed by atoms with Gasteiger partial charge in [-0.3, -0.25) is 0 Å². The molecular weight excluding hydrogens is 524 g/mol. The molecular formula is C37H50O5. The highest BCUT2D eigenvalue weighted by atomic mass is 16.5. The number of unbranched alkanes of at least 4 members (excludes halogenated alkanes) is 10. The van der Waals surface area contributed by atoms with Crippen molar-refractivity contribution in [3.05, 3.63) is 75.7 Å². The molecule has 0 saturated carbocycles. The Bertz CT molecular complexity index is 1340. The lowest BCUT2D eigenvalue weighted by molar-refractivity contribution is -0.139. The van der Waals surface area contributed by atoms with Crippen molar-refractivity contribution in [2.45, 2.75) is 111 Å². The van der Waals surface area contributed by atoms with Crippen LogP contribution in [0, 0.1) is 13.8 Å². The lowest BCUT2D eigenvalue weighted by Gasteiger charge is -2.13. The van der Waals surface area contributed by atoms with Gasteiger partial charge in [-0.1, -0.05) is 83.4 Å². The maximum Gasteiger partial charge on any atom is 0.344 e. The Morgan fingerprint density at radius 1 is 0.810 bits per heavy atom. The summed E-state index contributed by atoms with van der Waals surface area (Å²) in [5, 5.41) is 0.899. The van der Waals surface area contributed by atoms with E-state index < -0.39 is 0 Å². The summed E-state index contributed by atoms with van der Waals surface area (Å²) in [5.41, 5.74) is 5.88. The summed E-state index contributed by atoms with van der Waals surface area (Å²) in [4.78, 5) is 24.4. The van der Waals surface area contributed by atoms with E-state index in [4.69, 9.17) is 13.9 Å². The standard InChI is InChI=1S/C37H50O5/c1-6-7-15-18-30-23-28(4)35(29(5)24-30)33-25-31-19-20-32(26-34(31)42-37(33)39)40-21-16-13-11-9-8-10-12-14-17-22-41-36(38)27(2)3/h19-20,23-26H,2,6-18,21-22H2,1,3-5H3. The quantitative estimate of drug-likeness (QED) is 0.0617. The number of benzene rings is 2. The van der Waals surface area contributed by atoms with Crippen LogP contribution in [-0.4, -0.2) is 19.2 Å². The van der Waals surface area contributed by atoms with E-state index in [-0.39, 0.29) is 11.6 Å². The second-order valence-corrected chi connectivity index (χ2v) is 11.7. The van der Waals surface area contributed by atoms with E-state index in [1.54, 1.807) is 6.92 Å². The number of carbonyl (C=O) groups is 1. The molecule has 42 heavy (non-hydrogen) atoms. The molecule has 1 heterocycles. The molecule has 0 saturated heterocycles. The van der Waals surface area contributed by atoms with E-state index in [1.165, 1.54) is 56.9 Å². The lowest BCUT2D eigenvalue weighted by Crippen LogP contribution is -2.06. The average molecular weight is 575 g/mol. The lowest BCUT2D eigenvalue weighted by atomic mass is 9.92. The first-order chi connectivity index (χ1) is 20.3. The Labute approximate surface area is 252 Å². The predicted octanol–water partition coefficient (Wildman–Crippen LogP) is 9.82. The molecule has 0 aliphatic carbocycles. The number of aryl methyl sites for hydroxylation is 3. The van der Waals surface area contributed by atoms with Crippen LogP contribution in [0.3, 0.4) is 0 Å². The minimum atomic E-state index is -0.309. The van der Waals surface area contributed by atoms with Crippen molar-refractivity contribution in [2.75, 3.05) is 13.2 Å². The number of ether oxygens (including phenoxy) is 2. The van der Waals surface area contributed by atoms with Gasteiger partial charge in [-0.25, -0.2) is 9.59 Å². The topological polar surface area (TPSA) is 65.7 Å². The molecule has 3 aromatic rings. The molecule has 3 rings (SSSR count). The summed E-state index contributed by atoms with van der Waals surface area (Å²) < 4.78 is 16.9. The van der Waals surface area contributed by atoms with Gasteiger partial charge >= 0.3 is 11.6 Å². The van der Waals surface area contributed by atoms with Gasteiger partial charge in [0.25, 0.3) is 0 Å². The van der Waals surface area contributed by atoms with E-state index >= 15 is 0 Å². The van der Waals surface area contributed by atoms with Gasteiger partial charge in [0, 0.05) is 17.0 Å². The van der Waals surface area contributed by atoms with E-state index in [0.29, 0.717) is 29.9 Å². The predicted molar refractivity (Wildman–Crippen MR) is 173 cm³/mol. The smallest absolute Gasteiger partial charge is 0.344 e. The van der Waals surface area contributed by atoms with E-state index in [2.05, 4.69) is 39.5 Å². The summed E-state index contributed by atoms with van der Waals surface area (Å²) in [6, 6.07) is 12.2. The largest absolute Gasteiger partial charge is 0.493 e. The van der Waals surface area contributed by atoms with Gasteiger partial charge in [0.1, 0.15) is 11.3 Å². The van der Waals surface area contributed by atoms with Crippen molar-refractivity contribution < 1.29 is 18.7 Å². The molecule has 5 heteroatoms. The first-order valence-electron chi connectivity index (χ1n) is 15.9. The molecule has 0 aliphatic rings. The number of rotatable bonds is 19. The van der Waals surface area contributed by atoms with Crippen LogP contribution < -0.4 is 10.4 Å². The molecule has 0 bridgehead atoms. The minimum Gasteiger partial charge on any atom is -0.493 e. The maximum atomic E-state index is 13.0. The number of esters is 1. The highest BCUT2D eigenvalue weighted by Crippen LogP contribution is 2.30. The van der Waals surface area contributed by atoms with Gasteiger partial charge in [0.15, 0.2) is 0 Å². The van der Waals surface area contributed by atoms with E-state index in [9.17, 15) is 9.59 Å². The van der Waals surface area contributed by atoms with Gasteiger partial charge in [-0.05, 0) is 86.9 Å². The highest BCUT2D eigenvalue weighted by molar-refractivity contribution is 5.87. The summed E-state index contributed by atoms with van der Waals surface area (Å²) >= 11 is 0. The molecule has 0 amide bonds. The van der Waals surface area contributed by atoms with Crippen molar-refractivity contribution in [3.8, 4) is 16.9 Å². The Balaban J connectivity index is 1.40. The summed E-state index contributed by atoms with van der Waals surface area (Å²) in [5.74, 6) is 0.441. The third-order valence-corrected chi connectivity index (χ3v) is 7.78. The summed E-state index contributed by atoms with van der Waals surface area (Å²) in [7, 11) is 0. The van der Waals surface area contributed by atoms with Crippen LogP contribution in [0.4, 0.5) is 0 Å². The fraction of sp³-hybridized carbons (Fsp3) is 0.514. The zero-order valence-corrected chi connectivity index (χ0v) is 26.3. The molecule has 0 aliphatic heterocycles. The molecule has 1 aromatic heterocycles. The SMILES string of the molecule is C=C(C)C(=O)OCCCCCCCCCCCOc1ccc2cc(-c3c(C)cc(CCCCC)cc3C)c(=O)oc2c1. The first-order valence-corrected chi connectivity index (χ1v) is 15.9. The van der Waals surface area contributed by atoms with Crippen LogP contribution in [0.1, 0.15) is 108 Å². The van der Waals surface area contributed by atoms with Gasteiger partial charge in [0.05, 0.1) is 18.8 Å². The number of carbonyl (C=O) groups excluding carboxylic acids is 1. The van der Waals surface area contributed by atoms with Gasteiger partial charge in [0.2, 0.25) is 0 Å². The molecule has 0 atom stereocenters. The fourth-order valence-electron chi connectivity index (χ4n) is 5.48. The van der Waals surface area contributed by atoms with Crippen molar-refractivity contribution in [3.63, 3.8) is 0 Å². The van der Waals surface area contributed by atoms with E-state index in [0.717, 1.165) is 59.9 Å². The zero-order valence-electron chi connectivity index (χ0n) is 26.3. The Morgan fingerprint density at radius 3 is 2.05 bits per heavy atom. The second-order valence-electron chi connectivity index (χ2n) is 11.7. The maximum absolute atomic E-state index is 13.0. The van der Waals surface area contributed by atoms with Gasteiger partial charge in [-0.15, -0.1) is 0 Å². The van der Waals surface area contributed by atoms with Crippen molar-refractivity contribution in [2.24, 2.45) is 0 Å². The fourth-order valence-corrected chi connectivity index (χ4v) is 5.48.